The third-order valence-electron chi connectivity index (χ3n) is 4.46. The normalized spacial score (nSPS) is 12.2. The van der Waals surface area contributed by atoms with E-state index in [2.05, 4.69) is 11.3 Å². The topological polar surface area (TPSA) is 9.23 Å². The summed E-state index contributed by atoms with van der Waals surface area (Å²) in [5, 5.41) is -0.906. The fraction of sp³-hybridized carbons (Fsp3) is 0.182. The molecule has 0 unspecified atom stereocenters. The fourth-order valence-corrected chi connectivity index (χ4v) is 2.97. The van der Waals surface area contributed by atoms with Gasteiger partial charge in [0.2, 0.25) is 0 Å². The number of halogens is 7. The predicted octanol–water partition coefficient (Wildman–Crippen LogP) is 7.38. The molecule has 0 spiro atoms. The third kappa shape index (κ3) is 4.42. The highest BCUT2D eigenvalue weighted by atomic mass is 19.4. The van der Waals surface area contributed by atoms with E-state index >= 15 is 0 Å². The van der Waals surface area contributed by atoms with Gasteiger partial charge in [0.05, 0.1) is 5.56 Å². The number of aryl methyl sites for hydroxylation is 1. The van der Waals surface area contributed by atoms with Crippen LogP contribution in [0.3, 0.4) is 0 Å². The van der Waals surface area contributed by atoms with Crippen molar-refractivity contribution in [3.63, 3.8) is 0 Å². The van der Waals surface area contributed by atoms with Crippen molar-refractivity contribution in [1.82, 2.24) is 0 Å². The Kier molecular flexibility index (Phi) is 5.78. The molecule has 0 radical (unpaired) electrons. The standard InChI is InChI=1S/C22H15F7O/c1-2-3-4-13-5-7-15(8-6-13)22(28,29)30-16-9-10-17-14(11-16)12-18(23)19(20(17)24)21(25,26)27/h2,5-12H,1,3-4H2. The molecular formula is C22H15F7O. The molecule has 0 saturated heterocycles. The second-order valence-corrected chi connectivity index (χ2v) is 6.57. The smallest absolute Gasteiger partial charge is 0.426 e. The second kappa shape index (κ2) is 8.01. The van der Waals surface area contributed by atoms with E-state index < -0.39 is 46.2 Å². The van der Waals surface area contributed by atoms with Gasteiger partial charge in [-0.25, -0.2) is 8.78 Å². The van der Waals surface area contributed by atoms with Gasteiger partial charge in [0.25, 0.3) is 0 Å². The molecule has 3 rings (SSSR count). The van der Waals surface area contributed by atoms with E-state index in [4.69, 9.17) is 0 Å². The van der Waals surface area contributed by atoms with E-state index in [9.17, 15) is 30.7 Å². The van der Waals surface area contributed by atoms with Crippen molar-refractivity contribution in [2.45, 2.75) is 25.1 Å². The number of allylic oxidation sites excluding steroid dienone is 1. The van der Waals surface area contributed by atoms with Crippen LogP contribution in [-0.2, 0) is 18.7 Å². The van der Waals surface area contributed by atoms with Crippen LogP contribution in [0.2, 0.25) is 0 Å². The van der Waals surface area contributed by atoms with Crippen molar-refractivity contribution < 1.29 is 35.5 Å². The zero-order valence-corrected chi connectivity index (χ0v) is 15.4. The van der Waals surface area contributed by atoms with E-state index in [1.165, 1.54) is 24.3 Å². The Morgan fingerprint density at radius 3 is 2.17 bits per heavy atom. The molecule has 8 heteroatoms. The number of hydrogen-bond acceptors (Lipinski definition) is 1. The van der Waals surface area contributed by atoms with Crippen LogP contribution >= 0.6 is 0 Å². The summed E-state index contributed by atoms with van der Waals surface area (Å²) in [6.07, 6.45) is -5.98. The predicted molar refractivity (Wildman–Crippen MR) is 98.3 cm³/mol. The molecule has 0 atom stereocenters. The lowest BCUT2D eigenvalue weighted by Gasteiger charge is -2.19. The molecule has 0 aliphatic rings. The van der Waals surface area contributed by atoms with Crippen molar-refractivity contribution in [3.05, 3.63) is 89.5 Å². The highest BCUT2D eigenvalue weighted by Crippen LogP contribution is 2.39. The SMILES string of the molecule is C=CCCc1ccc(C(F)(F)Oc2ccc3c(F)c(C(F)(F)F)c(F)cc3c2)cc1. The molecule has 0 aromatic heterocycles. The van der Waals surface area contributed by atoms with Gasteiger partial charge in [0.1, 0.15) is 22.9 Å². The lowest BCUT2D eigenvalue weighted by Crippen LogP contribution is -2.21. The number of fused-ring (bicyclic) bond motifs is 1. The lowest BCUT2D eigenvalue weighted by atomic mass is 10.0. The summed E-state index contributed by atoms with van der Waals surface area (Å²) < 4.78 is 100.0. The van der Waals surface area contributed by atoms with Crippen LogP contribution in [0, 0.1) is 11.6 Å². The maximum absolute atomic E-state index is 14.5. The van der Waals surface area contributed by atoms with Crippen LogP contribution in [0.25, 0.3) is 10.8 Å². The number of hydrogen-bond donors (Lipinski definition) is 0. The lowest BCUT2D eigenvalue weighted by molar-refractivity contribution is -0.185. The summed E-state index contributed by atoms with van der Waals surface area (Å²) in [5.41, 5.74) is -1.66. The van der Waals surface area contributed by atoms with Crippen LogP contribution in [0.4, 0.5) is 30.7 Å². The first-order chi connectivity index (χ1) is 14.0. The van der Waals surface area contributed by atoms with E-state index in [1.54, 1.807) is 6.08 Å². The Hall–Kier alpha value is -3.03. The monoisotopic (exact) mass is 428 g/mol. The highest BCUT2D eigenvalue weighted by Gasteiger charge is 2.39. The van der Waals surface area contributed by atoms with Crippen LogP contribution in [0.15, 0.2) is 61.2 Å². The first kappa shape index (κ1) is 21.7. The molecule has 1 nitrogen and oxygen atoms in total. The average molecular weight is 428 g/mol. The zero-order valence-electron chi connectivity index (χ0n) is 15.4. The fourth-order valence-electron chi connectivity index (χ4n) is 2.97. The van der Waals surface area contributed by atoms with Gasteiger partial charge < -0.3 is 4.74 Å². The average Bonchev–Trinajstić information content (AvgIpc) is 2.65. The van der Waals surface area contributed by atoms with E-state index in [0.29, 0.717) is 18.9 Å². The molecule has 0 aliphatic carbocycles. The minimum Gasteiger partial charge on any atom is -0.429 e. The summed E-state index contributed by atoms with van der Waals surface area (Å²) in [7, 11) is 0. The molecule has 0 fully saturated rings. The Bertz CT molecular complexity index is 1070. The van der Waals surface area contributed by atoms with E-state index in [1.807, 2.05) is 0 Å². The molecule has 0 heterocycles. The van der Waals surface area contributed by atoms with Crippen LogP contribution in [0.5, 0.6) is 5.75 Å². The number of ether oxygens (including phenoxy) is 1. The van der Waals surface area contributed by atoms with Crippen molar-refractivity contribution in [3.8, 4) is 5.75 Å². The Labute approximate surface area is 167 Å². The molecule has 158 valence electrons. The van der Waals surface area contributed by atoms with Crippen LogP contribution in [0.1, 0.15) is 23.1 Å². The van der Waals surface area contributed by atoms with Crippen LogP contribution in [-0.4, -0.2) is 0 Å². The molecule has 0 bridgehead atoms. The largest absolute Gasteiger partial charge is 0.429 e. The van der Waals surface area contributed by atoms with Gasteiger partial charge in [-0.15, -0.1) is 6.58 Å². The first-order valence-corrected chi connectivity index (χ1v) is 8.79. The van der Waals surface area contributed by atoms with Crippen molar-refractivity contribution in [2.24, 2.45) is 0 Å². The summed E-state index contributed by atoms with van der Waals surface area (Å²) >= 11 is 0. The van der Waals surface area contributed by atoms with Crippen molar-refractivity contribution in [1.29, 1.82) is 0 Å². The van der Waals surface area contributed by atoms with Gasteiger partial charge in [0.15, 0.2) is 0 Å². The quantitative estimate of drug-likeness (QED) is 0.294. The number of rotatable bonds is 6. The molecule has 0 saturated carbocycles. The third-order valence-corrected chi connectivity index (χ3v) is 4.46. The van der Waals surface area contributed by atoms with Gasteiger partial charge in [-0.3, -0.25) is 0 Å². The van der Waals surface area contributed by atoms with Gasteiger partial charge in [0, 0.05) is 5.39 Å². The highest BCUT2D eigenvalue weighted by molar-refractivity contribution is 5.85. The van der Waals surface area contributed by atoms with Gasteiger partial charge in [-0.2, -0.15) is 22.0 Å². The minimum atomic E-state index is -5.23. The Morgan fingerprint density at radius 2 is 1.57 bits per heavy atom. The summed E-state index contributed by atoms with van der Waals surface area (Å²) in [5.74, 6) is -4.11. The molecule has 0 N–H and O–H groups in total. The molecule has 3 aromatic carbocycles. The van der Waals surface area contributed by atoms with E-state index in [0.717, 1.165) is 23.8 Å². The van der Waals surface area contributed by atoms with Gasteiger partial charge >= 0.3 is 12.3 Å². The maximum atomic E-state index is 14.5. The second-order valence-electron chi connectivity index (χ2n) is 6.57. The number of benzene rings is 3. The number of alkyl halides is 5. The Morgan fingerprint density at radius 1 is 0.900 bits per heavy atom. The summed E-state index contributed by atoms with van der Waals surface area (Å²) in [6.45, 7) is 3.59. The maximum Gasteiger partial charge on any atom is 0.426 e. The first-order valence-electron chi connectivity index (χ1n) is 8.79. The Balaban J connectivity index is 1.90. The molecule has 0 amide bonds. The molecule has 3 aromatic rings. The van der Waals surface area contributed by atoms with Crippen molar-refractivity contribution in [2.75, 3.05) is 0 Å². The van der Waals surface area contributed by atoms with Gasteiger partial charge in [-0.05, 0) is 60.2 Å². The van der Waals surface area contributed by atoms with Gasteiger partial charge in [-0.1, -0.05) is 18.2 Å². The van der Waals surface area contributed by atoms with Crippen LogP contribution < -0.4 is 4.74 Å². The van der Waals surface area contributed by atoms with Crippen molar-refractivity contribution >= 4 is 10.8 Å². The summed E-state index contributed by atoms with van der Waals surface area (Å²) in [4.78, 5) is 0. The zero-order chi connectivity index (χ0) is 22.1. The molecular weight excluding hydrogens is 413 g/mol. The minimum absolute atomic E-state index is 0.342. The molecule has 0 aliphatic heterocycles. The van der Waals surface area contributed by atoms with E-state index in [-0.39, 0.29) is 5.39 Å². The summed E-state index contributed by atoms with van der Waals surface area (Å²) in [6, 6.07) is 8.43. The molecule has 30 heavy (non-hydrogen) atoms.